The highest BCUT2D eigenvalue weighted by Gasteiger charge is 2.27. The van der Waals surface area contributed by atoms with Gasteiger partial charge in [0.15, 0.2) is 5.78 Å². The third kappa shape index (κ3) is 7.90. The fourth-order valence-electron chi connectivity index (χ4n) is 3.80. The van der Waals surface area contributed by atoms with E-state index in [1.807, 2.05) is 26.0 Å². The van der Waals surface area contributed by atoms with Crippen LogP contribution in [0.25, 0.3) is 0 Å². The average molecular weight is 406 g/mol. The maximum atomic E-state index is 12.4. The van der Waals surface area contributed by atoms with Gasteiger partial charge in [-0.05, 0) is 43.6 Å². The van der Waals surface area contributed by atoms with Crippen molar-refractivity contribution < 1.29 is 20.5 Å². The molecule has 0 spiro atoms. The number of carbonyl (C=O) groups excluding carboxylic acids is 2. The van der Waals surface area contributed by atoms with E-state index in [2.05, 4.69) is 24.4 Å². The van der Waals surface area contributed by atoms with Crippen LogP contribution in [0.3, 0.4) is 0 Å². The van der Waals surface area contributed by atoms with Crippen molar-refractivity contribution in [3.63, 3.8) is 0 Å². The SMILES string of the molecule is CCCOCCOCCNC(=O)C1CCC(c2ccc(C(=O)C(C)C)cc2)CC1.[HH]. The third-order valence-electron chi connectivity index (χ3n) is 5.56. The smallest absolute Gasteiger partial charge is 0.223 e. The average Bonchev–Trinajstić information content (AvgIpc) is 2.75. The van der Waals surface area contributed by atoms with Crippen LogP contribution in [0, 0.1) is 11.8 Å². The Morgan fingerprint density at radius 1 is 1.00 bits per heavy atom. The zero-order chi connectivity index (χ0) is 21.1. The standard InChI is InChI=1S/C24H37NO4.H2/c1-4-14-28-16-17-29-15-13-25-24(27)22-11-7-20(8-12-22)19-5-9-21(10-6-19)23(26)18(2)3;/h5-6,9-10,18,20,22H,4,7-8,11-17H2,1-3H3,(H,25,27);1H. The molecule has 0 heterocycles. The third-order valence-corrected chi connectivity index (χ3v) is 5.56. The van der Waals surface area contributed by atoms with Gasteiger partial charge in [0.25, 0.3) is 0 Å². The molecule has 1 aliphatic carbocycles. The molecular weight excluding hydrogens is 366 g/mol. The normalized spacial score (nSPS) is 19.3. The summed E-state index contributed by atoms with van der Waals surface area (Å²) in [6.45, 7) is 8.96. The predicted molar refractivity (Wildman–Crippen MR) is 117 cm³/mol. The zero-order valence-corrected chi connectivity index (χ0v) is 18.2. The highest BCUT2D eigenvalue weighted by Crippen LogP contribution is 2.36. The molecule has 5 nitrogen and oxygen atoms in total. The van der Waals surface area contributed by atoms with Gasteiger partial charge in [-0.1, -0.05) is 45.0 Å². The van der Waals surface area contributed by atoms with E-state index in [9.17, 15) is 9.59 Å². The van der Waals surface area contributed by atoms with Gasteiger partial charge in [0, 0.05) is 32.0 Å². The van der Waals surface area contributed by atoms with E-state index in [1.54, 1.807) is 0 Å². The highest BCUT2D eigenvalue weighted by molar-refractivity contribution is 5.97. The topological polar surface area (TPSA) is 64.6 Å². The van der Waals surface area contributed by atoms with Gasteiger partial charge in [0.2, 0.25) is 5.91 Å². The molecule has 0 saturated heterocycles. The van der Waals surface area contributed by atoms with Gasteiger partial charge in [0.05, 0.1) is 19.8 Å². The summed E-state index contributed by atoms with van der Waals surface area (Å²) in [4.78, 5) is 24.4. The maximum absolute atomic E-state index is 12.4. The van der Waals surface area contributed by atoms with E-state index in [4.69, 9.17) is 9.47 Å². The van der Waals surface area contributed by atoms with E-state index in [1.165, 1.54) is 5.56 Å². The number of Topliss-reactive ketones (excluding diaryl/α,β-unsaturated/α-hetero) is 1. The van der Waals surface area contributed by atoms with Crippen molar-refractivity contribution >= 4 is 11.7 Å². The Morgan fingerprint density at radius 2 is 1.62 bits per heavy atom. The molecule has 5 heteroatoms. The summed E-state index contributed by atoms with van der Waals surface area (Å²) in [6.07, 6.45) is 4.87. The molecule has 1 aliphatic rings. The Labute approximate surface area is 177 Å². The molecule has 164 valence electrons. The van der Waals surface area contributed by atoms with Crippen LogP contribution in [0.5, 0.6) is 0 Å². The van der Waals surface area contributed by atoms with Crippen molar-refractivity contribution in [3.8, 4) is 0 Å². The summed E-state index contributed by atoms with van der Waals surface area (Å²) in [6, 6.07) is 8.07. The molecule has 1 N–H and O–H groups in total. The van der Waals surface area contributed by atoms with Crippen molar-refractivity contribution in [2.45, 2.75) is 58.8 Å². The van der Waals surface area contributed by atoms with Crippen LogP contribution in [0.15, 0.2) is 24.3 Å². The van der Waals surface area contributed by atoms with Gasteiger partial charge in [-0.25, -0.2) is 0 Å². The number of carbonyl (C=O) groups is 2. The van der Waals surface area contributed by atoms with E-state index < -0.39 is 0 Å². The predicted octanol–water partition coefficient (Wildman–Crippen LogP) is 4.60. The first-order valence-electron chi connectivity index (χ1n) is 11.1. The van der Waals surface area contributed by atoms with Crippen LogP contribution in [-0.4, -0.2) is 44.7 Å². The molecule has 1 amide bonds. The summed E-state index contributed by atoms with van der Waals surface area (Å²) in [5, 5.41) is 3.00. The van der Waals surface area contributed by atoms with Crippen molar-refractivity contribution in [3.05, 3.63) is 35.4 Å². The molecule has 1 aromatic carbocycles. The van der Waals surface area contributed by atoms with Gasteiger partial charge >= 0.3 is 0 Å². The summed E-state index contributed by atoms with van der Waals surface area (Å²) in [5.74, 6) is 0.936. The van der Waals surface area contributed by atoms with E-state index in [0.717, 1.165) is 44.3 Å². The number of rotatable bonds is 12. The second kappa shape index (κ2) is 12.8. The molecule has 1 fully saturated rings. The molecule has 0 unspecified atom stereocenters. The quantitative estimate of drug-likeness (QED) is 0.408. The lowest BCUT2D eigenvalue weighted by atomic mass is 9.78. The first-order valence-corrected chi connectivity index (χ1v) is 11.1. The van der Waals surface area contributed by atoms with Gasteiger partial charge < -0.3 is 14.8 Å². The fraction of sp³-hybridized carbons (Fsp3) is 0.667. The number of hydrogen-bond acceptors (Lipinski definition) is 4. The molecule has 1 aromatic rings. The summed E-state index contributed by atoms with van der Waals surface area (Å²) in [5.41, 5.74) is 2.07. The van der Waals surface area contributed by atoms with Gasteiger partial charge in [-0.15, -0.1) is 0 Å². The molecule has 0 radical (unpaired) electrons. The number of benzene rings is 1. The Morgan fingerprint density at radius 3 is 2.21 bits per heavy atom. The first kappa shape index (κ1) is 23.6. The fourth-order valence-corrected chi connectivity index (χ4v) is 3.80. The number of hydrogen-bond donors (Lipinski definition) is 1. The van der Waals surface area contributed by atoms with Crippen LogP contribution in [0.4, 0.5) is 0 Å². The van der Waals surface area contributed by atoms with Crippen molar-refractivity contribution in [1.82, 2.24) is 5.32 Å². The Balaban J connectivity index is 0.00000450. The van der Waals surface area contributed by atoms with E-state index >= 15 is 0 Å². The Hall–Kier alpha value is -1.72. The van der Waals surface area contributed by atoms with Crippen molar-refractivity contribution in [2.24, 2.45) is 11.8 Å². The molecule has 0 bridgehead atoms. The summed E-state index contributed by atoms with van der Waals surface area (Å²) < 4.78 is 10.8. The lowest BCUT2D eigenvalue weighted by molar-refractivity contribution is -0.126. The number of ether oxygens (including phenoxy) is 2. The van der Waals surface area contributed by atoms with Gasteiger partial charge in [-0.3, -0.25) is 9.59 Å². The Kier molecular flexibility index (Phi) is 10.4. The molecule has 0 aromatic heterocycles. The van der Waals surface area contributed by atoms with Crippen LogP contribution in [-0.2, 0) is 14.3 Å². The highest BCUT2D eigenvalue weighted by atomic mass is 16.5. The minimum absolute atomic E-state index is 0. The number of ketones is 1. The van der Waals surface area contributed by atoms with Gasteiger partial charge in [-0.2, -0.15) is 0 Å². The molecule has 2 rings (SSSR count). The second-order valence-electron chi connectivity index (χ2n) is 8.21. The van der Waals surface area contributed by atoms with E-state index in [-0.39, 0.29) is 25.0 Å². The molecule has 0 aliphatic heterocycles. The second-order valence-corrected chi connectivity index (χ2v) is 8.21. The van der Waals surface area contributed by atoms with Crippen LogP contribution >= 0.6 is 0 Å². The monoisotopic (exact) mass is 405 g/mol. The Bertz CT molecular complexity index is 625. The lowest BCUT2D eigenvalue weighted by Gasteiger charge is -2.28. The largest absolute Gasteiger partial charge is 0.379 e. The van der Waals surface area contributed by atoms with E-state index in [0.29, 0.717) is 32.3 Å². The summed E-state index contributed by atoms with van der Waals surface area (Å²) >= 11 is 0. The number of nitrogens with one attached hydrogen (secondary N) is 1. The van der Waals surface area contributed by atoms with Crippen LogP contribution in [0.1, 0.15) is 76.1 Å². The molecular formula is C24H39NO4. The minimum atomic E-state index is 0. The van der Waals surface area contributed by atoms with Crippen molar-refractivity contribution in [2.75, 3.05) is 33.0 Å². The summed E-state index contributed by atoms with van der Waals surface area (Å²) in [7, 11) is 0. The molecule has 1 saturated carbocycles. The van der Waals surface area contributed by atoms with Crippen LogP contribution < -0.4 is 5.32 Å². The maximum Gasteiger partial charge on any atom is 0.223 e. The minimum Gasteiger partial charge on any atom is -0.379 e. The van der Waals surface area contributed by atoms with Gasteiger partial charge in [0.1, 0.15) is 0 Å². The van der Waals surface area contributed by atoms with Crippen LogP contribution in [0.2, 0.25) is 0 Å². The molecule has 0 atom stereocenters. The van der Waals surface area contributed by atoms with Crippen molar-refractivity contribution in [1.29, 1.82) is 0 Å². The molecule has 29 heavy (non-hydrogen) atoms. The first-order chi connectivity index (χ1) is 14.0. The zero-order valence-electron chi connectivity index (χ0n) is 18.2. The lowest BCUT2D eigenvalue weighted by Crippen LogP contribution is -2.35. The number of amides is 1.